The van der Waals surface area contributed by atoms with Crippen LogP contribution in [-0.4, -0.2) is 36.9 Å². The number of halogens is 5. The molecule has 2 fully saturated rings. The van der Waals surface area contributed by atoms with Crippen LogP contribution >= 0.6 is 11.6 Å². The van der Waals surface area contributed by atoms with Gasteiger partial charge in [0.2, 0.25) is 0 Å². The number of nitrogen functional groups attached to an aromatic ring is 1. The Kier molecular flexibility index (Phi) is 6.24. The molecule has 1 aliphatic heterocycles. The maximum absolute atomic E-state index is 14.5. The number of nitrogens with zero attached hydrogens (tertiary/aromatic N) is 1. The van der Waals surface area contributed by atoms with Crippen molar-refractivity contribution in [2.24, 2.45) is 10.8 Å². The minimum atomic E-state index is -4.57. The van der Waals surface area contributed by atoms with E-state index >= 15 is 0 Å². The van der Waals surface area contributed by atoms with Gasteiger partial charge in [-0.25, -0.2) is 9.18 Å². The summed E-state index contributed by atoms with van der Waals surface area (Å²) in [6.07, 6.45) is -2.20. The number of hydrogen-bond donors (Lipinski definition) is 1. The molecule has 1 saturated carbocycles. The standard InChI is InChI=1S/C24H25ClF4N2O2/c25-18-11-16(5-6-20(18)30)7-8-22(12-17-3-1-2-4-19(17)26)13-23(22)9-10-31(14-23)21(32)33-15-24(27,28)29/h1-6,11H,7-10,12-15,30H2/t22-,23+/m1/s1. The first-order valence-electron chi connectivity index (χ1n) is 10.8. The fourth-order valence-corrected chi connectivity index (χ4v) is 5.46. The maximum atomic E-state index is 14.5. The van der Waals surface area contributed by atoms with Crippen molar-refractivity contribution in [2.45, 2.75) is 38.3 Å². The fraction of sp³-hybridized carbons (Fsp3) is 0.458. The molecule has 2 aromatic carbocycles. The molecule has 1 saturated heterocycles. The molecule has 4 rings (SSSR count). The monoisotopic (exact) mass is 484 g/mol. The Labute approximate surface area is 194 Å². The number of aryl methyl sites for hydroxylation is 1. The zero-order chi connectivity index (χ0) is 23.9. The number of rotatable bonds is 6. The second-order valence-corrected chi connectivity index (χ2v) is 9.61. The molecular formula is C24H25ClF4N2O2. The predicted octanol–water partition coefficient (Wildman–Crippen LogP) is 6.02. The van der Waals surface area contributed by atoms with Crippen LogP contribution in [0.4, 0.5) is 28.0 Å². The number of anilines is 1. The van der Waals surface area contributed by atoms with E-state index in [0.717, 1.165) is 18.4 Å². The summed E-state index contributed by atoms with van der Waals surface area (Å²) in [4.78, 5) is 13.5. The molecule has 0 bridgehead atoms. The van der Waals surface area contributed by atoms with Crippen molar-refractivity contribution in [1.29, 1.82) is 0 Å². The zero-order valence-electron chi connectivity index (χ0n) is 17.9. The summed E-state index contributed by atoms with van der Waals surface area (Å²) < 4.78 is 56.2. The Morgan fingerprint density at radius 2 is 1.97 bits per heavy atom. The van der Waals surface area contributed by atoms with E-state index in [4.69, 9.17) is 17.3 Å². The van der Waals surface area contributed by atoms with E-state index in [1.54, 1.807) is 24.3 Å². The Bertz CT molecular complexity index is 1050. The minimum absolute atomic E-state index is 0.274. The average Bonchev–Trinajstić information content (AvgIpc) is 3.12. The van der Waals surface area contributed by atoms with Crippen LogP contribution in [0.5, 0.6) is 0 Å². The number of nitrogens with two attached hydrogens (primary N) is 1. The highest BCUT2D eigenvalue weighted by molar-refractivity contribution is 6.33. The number of carbonyl (C=O) groups is 1. The highest BCUT2D eigenvalue weighted by Gasteiger charge is 2.68. The smallest absolute Gasteiger partial charge is 0.422 e. The zero-order valence-corrected chi connectivity index (χ0v) is 18.7. The fourth-order valence-electron chi connectivity index (χ4n) is 5.25. The number of hydrogen-bond acceptors (Lipinski definition) is 3. The molecule has 1 heterocycles. The van der Waals surface area contributed by atoms with Crippen molar-refractivity contribution in [3.8, 4) is 0 Å². The molecule has 0 aromatic heterocycles. The average molecular weight is 485 g/mol. The lowest BCUT2D eigenvalue weighted by molar-refractivity contribution is -0.162. The Morgan fingerprint density at radius 3 is 2.67 bits per heavy atom. The molecule has 178 valence electrons. The van der Waals surface area contributed by atoms with Crippen molar-refractivity contribution < 1.29 is 27.1 Å². The van der Waals surface area contributed by atoms with Gasteiger partial charge in [-0.15, -0.1) is 0 Å². The molecular weight excluding hydrogens is 460 g/mol. The second-order valence-electron chi connectivity index (χ2n) is 9.20. The SMILES string of the molecule is Nc1ccc(CC[C@@]2(Cc3ccccc3F)C[C@]23CCN(C(=O)OCC(F)(F)F)C3)cc1Cl. The van der Waals surface area contributed by atoms with Crippen LogP contribution in [0.2, 0.25) is 5.02 Å². The Hall–Kier alpha value is -2.48. The van der Waals surface area contributed by atoms with Gasteiger partial charge in [0.05, 0.1) is 10.7 Å². The van der Waals surface area contributed by atoms with Gasteiger partial charge in [-0.3, -0.25) is 0 Å². The van der Waals surface area contributed by atoms with Gasteiger partial charge in [0.15, 0.2) is 6.61 Å². The lowest BCUT2D eigenvalue weighted by atomic mass is 9.81. The van der Waals surface area contributed by atoms with Crippen molar-refractivity contribution >= 4 is 23.4 Å². The van der Waals surface area contributed by atoms with Crippen LogP contribution in [0.25, 0.3) is 0 Å². The molecule has 1 spiro atoms. The first-order chi connectivity index (χ1) is 15.5. The highest BCUT2D eigenvalue weighted by atomic mass is 35.5. The quantitative estimate of drug-likeness (QED) is 0.403. The molecule has 1 amide bonds. The van der Waals surface area contributed by atoms with Gasteiger partial charge < -0.3 is 15.4 Å². The number of carbonyl (C=O) groups excluding carboxylic acids is 1. The number of likely N-dealkylation sites (tertiary alicyclic amines) is 1. The Balaban J connectivity index is 1.50. The van der Waals surface area contributed by atoms with Crippen molar-refractivity contribution in [1.82, 2.24) is 4.90 Å². The predicted molar refractivity (Wildman–Crippen MR) is 117 cm³/mol. The highest BCUT2D eigenvalue weighted by Crippen LogP contribution is 2.71. The third-order valence-electron chi connectivity index (χ3n) is 7.09. The first kappa shape index (κ1) is 23.7. The molecule has 33 heavy (non-hydrogen) atoms. The van der Waals surface area contributed by atoms with Gasteiger partial charge in [-0.2, -0.15) is 13.2 Å². The number of ether oxygens (including phenoxy) is 1. The summed E-state index contributed by atoms with van der Waals surface area (Å²) in [5.74, 6) is -0.283. The summed E-state index contributed by atoms with van der Waals surface area (Å²) in [6, 6.07) is 12.1. The summed E-state index contributed by atoms with van der Waals surface area (Å²) in [6.45, 7) is -0.975. The summed E-state index contributed by atoms with van der Waals surface area (Å²) >= 11 is 6.15. The van der Waals surface area contributed by atoms with Gasteiger partial charge in [0.1, 0.15) is 5.82 Å². The van der Waals surface area contributed by atoms with E-state index in [2.05, 4.69) is 4.74 Å². The molecule has 4 nitrogen and oxygen atoms in total. The van der Waals surface area contributed by atoms with E-state index in [1.165, 1.54) is 11.0 Å². The van der Waals surface area contributed by atoms with Crippen LogP contribution in [0.15, 0.2) is 42.5 Å². The van der Waals surface area contributed by atoms with Crippen molar-refractivity contribution in [3.05, 3.63) is 64.4 Å². The molecule has 2 atom stereocenters. The van der Waals surface area contributed by atoms with E-state index in [-0.39, 0.29) is 16.6 Å². The van der Waals surface area contributed by atoms with Gasteiger partial charge in [0.25, 0.3) is 0 Å². The van der Waals surface area contributed by atoms with E-state index in [1.807, 2.05) is 12.1 Å². The first-order valence-corrected chi connectivity index (χ1v) is 11.2. The lowest BCUT2D eigenvalue weighted by Crippen LogP contribution is -2.33. The summed E-state index contributed by atoms with van der Waals surface area (Å²) in [5.41, 5.74) is 7.35. The third kappa shape index (κ3) is 5.05. The Morgan fingerprint density at radius 1 is 1.21 bits per heavy atom. The van der Waals surface area contributed by atoms with Gasteiger partial charge in [-0.1, -0.05) is 35.9 Å². The summed E-state index contributed by atoms with van der Waals surface area (Å²) in [7, 11) is 0. The molecule has 2 N–H and O–H groups in total. The largest absolute Gasteiger partial charge is 0.440 e. The molecule has 9 heteroatoms. The molecule has 1 aliphatic carbocycles. The number of alkyl halides is 3. The third-order valence-corrected chi connectivity index (χ3v) is 7.42. The van der Waals surface area contributed by atoms with E-state index in [0.29, 0.717) is 48.6 Å². The molecule has 2 aliphatic rings. The topological polar surface area (TPSA) is 55.6 Å². The summed E-state index contributed by atoms with van der Waals surface area (Å²) in [5, 5.41) is 0.473. The van der Waals surface area contributed by atoms with Crippen LogP contribution < -0.4 is 5.73 Å². The van der Waals surface area contributed by atoms with Crippen LogP contribution in [0, 0.1) is 16.6 Å². The van der Waals surface area contributed by atoms with Crippen LogP contribution in [-0.2, 0) is 17.6 Å². The van der Waals surface area contributed by atoms with E-state index < -0.39 is 18.9 Å². The van der Waals surface area contributed by atoms with Gasteiger partial charge >= 0.3 is 12.3 Å². The molecule has 0 unspecified atom stereocenters. The van der Waals surface area contributed by atoms with Gasteiger partial charge in [-0.05, 0) is 72.3 Å². The lowest BCUT2D eigenvalue weighted by Gasteiger charge is -2.24. The molecule has 2 aromatic rings. The normalized spacial score (nSPS) is 24.3. The minimum Gasteiger partial charge on any atom is -0.440 e. The van der Waals surface area contributed by atoms with Gasteiger partial charge in [0, 0.05) is 13.1 Å². The van der Waals surface area contributed by atoms with E-state index in [9.17, 15) is 22.4 Å². The van der Waals surface area contributed by atoms with Crippen molar-refractivity contribution in [3.63, 3.8) is 0 Å². The molecule has 0 radical (unpaired) electrons. The number of benzene rings is 2. The van der Waals surface area contributed by atoms with Crippen LogP contribution in [0.3, 0.4) is 0 Å². The maximum Gasteiger partial charge on any atom is 0.422 e. The number of amides is 1. The van der Waals surface area contributed by atoms with Crippen molar-refractivity contribution in [2.75, 3.05) is 25.4 Å². The van der Waals surface area contributed by atoms with Crippen LogP contribution in [0.1, 0.15) is 30.4 Å². The second kappa shape index (κ2) is 8.70.